The summed E-state index contributed by atoms with van der Waals surface area (Å²) < 4.78 is 2.66. The van der Waals surface area contributed by atoms with Crippen LogP contribution in [0.1, 0.15) is 11.1 Å². The first-order chi connectivity index (χ1) is 12.4. The first-order valence-corrected chi connectivity index (χ1v) is 8.64. The van der Waals surface area contributed by atoms with Gasteiger partial charge in [0.25, 0.3) is 11.1 Å². The van der Waals surface area contributed by atoms with Gasteiger partial charge in [0.1, 0.15) is 10.7 Å². The van der Waals surface area contributed by atoms with Crippen LogP contribution < -0.4 is 21.8 Å². The van der Waals surface area contributed by atoms with Crippen LogP contribution in [0, 0.1) is 0 Å². The largest absolute Gasteiger partial charge is 0.305 e. The molecule has 3 rings (SSSR count). The van der Waals surface area contributed by atoms with Gasteiger partial charge in [-0.3, -0.25) is 9.59 Å². The fourth-order valence-electron chi connectivity index (χ4n) is 2.66. The second kappa shape index (κ2) is 7.36. The second-order valence-corrected chi connectivity index (χ2v) is 6.65. The zero-order valence-electron chi connectivity index (χ0n) is 14.2. The molecule has 0 unspecified atom stereocenters. The van der Waals surface area contributed by atoms with Crippen LogP contribution >= 0.6 is 23.2 Å². The lowest BCUT2D eigenvalue weighted by Gasteiger charge is -2.06. The van der Waals surface area contributed by atoms with Gasteiger partial charge in [-0.25, -0.2) is 0 Å². The Kier molecular flexibility index (Phi) is 5.16. The van der Waals surface area contributed by atoms with Crippen molar-refractivity contribution in [3.05, 3.63) is 101 Å². The zero-order chi connectivity index (χ0) is 18.8. The highest BCUT2D eigenvalue weighted by Gasteiger charge is 2.08. The molecule has 4 nitrogen and oxygen atoms in total. The molecule has 0 aliphatic carbocycles. The molecule has 1 aromatic heterocycles. The minimum atomic E-state index is -0.315. The molecule has 0 saturated heterocycles. The molecule has 0 N–H and O–H groups in total. The highest BCUT2D eigenvalue weighted by atomic mass is 35.5. The number of halogens is 2. The summed E-state index contributed by atoms with van der Waals surface area (Å²) in [6.07, 6.45) is 3.23. The molecule has 0 bridgehead atoms. The molecular weight excluding hydrogens is 371 g/mol. The lowest BCUT2D eigenvalue weighted by atomic mass is 10.2. The van der Waals surface area contributed by atoms with Gasteiger partial charge in [0, 0.05) is 29.7 Å². The first kappa shape index (κ1) is 18.2. The Morgan fingerprint density at radius 1 is 0.731 bits per heavy atom. The van der Waals surface area contributed by atoms with E-state index < -0.39 is 0 Å². The van der Waals surface area contributed by atoms with E-state index in [1.165, 1.54) is 9.13 Å². The zero-order valence-corrected chi connectivity index (χ0v) is 15.8. The van der Waals surface area contributed by atoms with Crippen molar-refractivity contribution < 1.29 is 0 Å². The van der Waals surface area contributed by atoms with Crippen molar-refractivity contribution in [3.63, 3.8) is 0 Å². The van der Waals surface area contributed by atoms with Crippen molar-refractivity contribution in [3.8, 4) is 0 Å². The smallest absolute Gasteiger partial charge is 0.274 e. The molecule has 0 spiro atoms. The van der Waals surface area contributed by atoms with Gasteiger partial charge in [-0.2, -0.15) is 0 Å². The predicted octanol–water partition coefficient (Wildman–Crippen LogP) is 2.05. The fourth-order valence-corrected chi connectivity index (χ4v) is 3.17. The number of nitrogens with zero attached hydrogens (tertiary/aromatic N) is 2. The lowest BCUT2D eigenvalue weighted by Crippen LogP contribution is -2.56. The molecule has 3 aromatic rings. The van der Waals surface area contributed by atoms with Crippen molar-refractivity contribution in [2.45, 2.75) is 0 Å². The van der Waals surface area contributed by atoms with Crippen LogP contribution in [0.5, 0.6) is 0 Å². The summed E-state index contributed by atoms with van der Waals surface area (Å²) in [7, 11) is 3.13. The maximum atomic E-state index is 12.8. The van der Waals surface area contributed by atoms with Gasteiger partial charge < -0.3 is 9.13 Å². The van der Waals surface area contributed by atoms with Crippen molar-refractivity contribution >= 4 is 35.4 Å². The molecule has 0 aliphatic heterocycles. The molecule has 0 saturated carbocycles. The number of benzene rings is 2. The van der Waals surface area contributed by atoms with E-state index in [9.17, 15) is 9.59 Å². The maximum absolute atomic E-state index is 12.8. The Hall–Kier alpha value is -2.56. The quantitative estimate of drug-likeness (QED) is 0.676. The average Bonchev–Trinajstić information content (AvgIpc) is 2.64. The summed E-state index contributed by atoms with van der Waals surface area (Å²) in [5.74, 6) is 0. The Morgan fingerprint density at radius 3 is 1.77 bits per heavy atom. The van der Waals surface area contributed by atoms with E-state index in [2.05, 4.69) is 0 Å². The van der Waals surface area contributed by atoms with Crippen LogP contribution in [0.4, 0.5) is 0 Å². The molecule has 0 amide bonds. The highest BCUT2D eigenvalue weighted by Crippen LogP contribution is 2.24. The van der Waals surface area contributed by atoms with Gasteiger partial charge in [-0.15, -0.1) is 0 Å². The van der Waals surface area contributed by atoms with E-state index in [0.717, 1.165) is 5.56 Å². The van der Waals surface area contributed by atoms with Gasteiger partial charge in [0.2, 0.25) is 0 Å². The molecule has 0 atom stereocenters. The third-order valence-electron chi connectivity index (χ3n) is 4.15. The molecule has 2 aromatic carbocycles. The van der Waals surface area contributed by atoms with Crippen LogP contribution in [0.2, 0.25) is 10.0 Å². The van der Waals surface area contributed by atoms with Crippen molar-refractivity contribution in [2.75, 3.05) is 0 Å². The molecular formula is C20H16Cl2N2O2. The van der Waals surface area contributed by atoms with Crippen LogP contribution in [-0.2, 0) is 14.1 Å². The summed E-state index contributed by atoms with van der Waals surface area (Å²) in [6, 6.07) is 14.4. The van der Waals surface area contributed by atoms with Crippen LogP contribution in [0.15, 0.2) is 58.1 Å². The van der Waals surface area contributed by atoms with Gasteiger partial charge in [0.15, 0.2) is 0 Å². The maximum Gasteiger partial charge on any atom is 0.274 e. The van der Waals surface area contributed by atoms with E-state index in [-0.39, 0.29) is 16.5 Å². The monoisotopic (exact) mass is 386 g/mol. The van der Waals surface area contributed by atoms with Gasteiger partial charge in [-0.05, 0) is 29.8 Å². The normalized spacial score (nSPS) is 12.6. The first-order valence-electron chi connectivity index (χ1n) is 7.88. The Morgan fingerprint density at radius 2 is 1.23 bits per heavy atom. The minimum absolute atomic E-state index is 0.206. The number of hydrogen-bond donors (Lipinski definition) is 0. The highest BCUT2D eigenvalue weighted by molar-refractivity contribution is 6.37. The second-order valence-electron chi connectivity index (χ2n) is 5.83. The Bertz CT molecular complexity index is 1190. The standard InChI is InChI=1S/C20H16Cl2N2O2/c1-23-17(11-13-7-4-3-5-8-13)19(25)24(2)18(20(23)26)12-14-15(21)9-6-10-16(14)22/h3-12H,1-2H3. The topological polar surface area (TPSA) is 44.0 Å². The average molecular weight is 387 g/mol. The Labute approximate surface area is 159 Å². The van der Waals surface area contributed by atoms with E-state index >= 15 is 0 Å². The van der Waals surface area contributed by atoms with Gasteiger partial charge >= 0.3 is 0 Å². The van der Waals surface area contributed by atoms with Crippen molar-refractivity contribution in [2.24, 2.45) is 14.1 Å². The summed E-state index contributed by atoms with van der Waals surface area (Å²) >= 11 is 12.4. The van der Waals surface area contributed by atoms with E-state index in [0.29, 0.717) is 21.0 Å². The fraction of sp³-hybridized carbons (Fsp3) is 0.100. The third-order valence-corrected chi connectivity index (χ3v) is 4.81. The molecule has 0 fully saturated rings. The van der Waals surface area contributed by atoms with Gasteiger partial charge in [0.05, 0.1) is 0 Å². The van der Waals surface area contributed by atoms with Crippen LogP contribution in [0.3, 0.4) is 0 Å². The molecule has 1 heterocycles. The third kappa shape index (κ3) is 3.39. The Balaban J connectivity index is 2.36. The molecule has 0 aliphatic rings. The SMILES string of the molecule is Cn1c(=O)c(=Cc2c(Cl)cccc2Cl)n(C)c(=O)c1=Cc1ccccc1. The van der Waals surface area contributed by atoms with E-state index in [1.807, 2.05) is 30.3 Å². The predicted molar refractivity (Wildman–Crippen MR) is 106 cm³/mol. The lowest BCUT2D eigenvalue weighted by molar-refractivity contribution is 0.696. The summed E-state index contributed by atoms with van der Waals surface area (Å²) in [5, 5.41) is 1.32. The minimum Gasteiger partial charge on any atom is -0.305 e. The molecule has 26 heavy (non-hydrogen) atoms. The molecule has 6 heteroatoms. The van der Waals surface area contributed by atoms with Crippen molar-refractivity contribution in [1.29, 1.82) is 0 Å². The van der Waals surface area contributed by atoms with Crippen LogP contribution in [0.25, 0.3) is 12.2 Å². The number of hydrogen-bond acceptors (Lipinski definition) is 2. The number of rotatable bonds is 2. The summed E-state index contributed by atoms with van der Waals surface area (Å²) in [5.41, 5.74) is 0.740. The van der Waals surface area contributed by atoms with Gasteiger partial charge in [-0.1, -0.05) is 59.6 Å². The van der Waals surface area contributed by atoms with Crippen molar-refractivity contribution in [1.82, 2.24) is 9.13 Å². The summed E-state index contributed by atoms with van der Waals surface area (Å²) in [4.78, 5) is 25.7. The van der Waals surface area contributed by atoms with E-state index in [1.54, 1.807) is 44.4 Å². The van der Waals surface area contributed by atoms with Crippen LogP contribution in [-0.4, -0.2) is 9.13 Å². The molecule has 0 radical (unpaired) electrons. The van der Waals surface area contributed by atoms with E-state index in [4.69, 9.17) is 23.2 Å². The number of aromatic nitrogens is 2. The molecule has 132 valence electrons. The summed E-state index contributed by atoms with van der Waals surface area (Å²) in [6.45, 7) is 0.